The fraction of sp³-hybridized carbons (Fsp3) is 0.412. The van der Waals surface area contributed by atoms with E-state index in [0.29, 0.717) is 5.41 Å². The van der Waals surface area contributed by atoms with Crippen LogP contribution in [0.2, 0.25) is 0 Å². The maximum absolute atomic E-state index is 3.65. The standard InChI is InChI=1S/C17H16/c1-2-5-13(6-3-1)11-12-17(14-9-10-14)15-7-4-8-16(15)17/h1-7,14-16H,8-10H2. The molecule has 0 radical (unpaired) electrons. The first-order chi connectivity index (χ1) is 8.41. The lowest BCUT2D eigenvalue weighted by Gasteiger charge is -2.10. The van der Waals surface area contributed by atoms with Crippen LogP contribution in [0.15, 0.2) is 42.5 Å². The van der Waals surface area contributed by atoms with Crippen molar-refractivity contribution in [3.8, 4) is 11.8 Å². The van der Waals surface area contributed by atoms with Crippen molar-refractivity contribution in [2.24, 2.45) is 23.2 Å². The summed E-state index contributed by atoms with van der Waals surface area (Å²) in [7, 11) is 0. The lowest BCUT2D eigenvalue weighted by molar-refractivity contribution is 0.499. The first kappa shape index (κ1) is 9.54. The lowest BCUT2D eigenvalue weighted by Crippen LogP contribution is -2.07. The van der Waals surface area contributed by atoms with Crippen molar-refractivity contribution in [2.75, 3.05) is 0 Å². The minimum atomic E-state index is 0.380. The SMILES string of the molecule is C(#CC1(C2CC2)C2C=CCC21)c1ccccc1. The highest BCUT2D eigenvalue weighted by Crippen LogP contribution is 2.73. The van der Waals surface area contributed by atoms with Crippen LogP contribution in [0.25, 0.3) is 0 Å². The molecule has 0 N–H and O–H groups in total. The summed E-state index contributed by atoms with van der Waals surface area (Å²) in [6, 6.07) is 10.4. The van der Waals surface area contributed by atoms with Crippen molar-refractivity contribution in [3.05, 3.63) is 48.0 Å². The molecule has 0 heterocycles. The number of allylic oxidation sites excluding steroid dienone is 2. The Bertz CT molecular complexity index is 524. The van der Waals surface area contributed by atoms with Gasteiger partial charge in [0.15, 0.2) is 0 Å². The van der Waals surface area contributed by atoms with Crippen molar-refractivity contribution in [3.63, 3.8) is 0 Å². The van der Waals surface area contributed by atoms with E-state index in [0.717, 1.165) is 17.8 Å². The Kier molecular flexibility index (Phi) is 1.83. The summed E-state index contributed by atoms with van der Waals surface area (Å²) in [5, 5.41) is 0. The Labute approximate surface area is 103 Å². The number of hydrogen-bond donors (Lipinski definition) is 0. The van der Waals surface area contributed by atoms with Gasteiger partial charge in [0.1, 0.15) is 0 Å². The summed E-state index contributed by atoms with van der Waals surface area (Å²) >= 11 is 0. The first-order valence-electron chi connectivity index (χ1n) is 6.66. The quantitative estimate of drug-likeness (QED) is 0.500. The van der Waals surface area contributed by atoms with Crippen LogP contribution in [0, 0.1) is 35.0 Å². The third kappa shape index (κ3) is 1.32. The van der Waals surface area contributed by atoms with E-state index in [1.165, 1.54) is 24.8 Å². The first-order valence-corrected chi connectivity index (χ1v) is 6.66. The number of rotatable bonds is 1. The highest BCUT2D eigenvalue weighted by molar-refractivity contribution is 5.43. The summed E-state index contributed by atoms with van der Waals surface area (Å²) in [6.45, 7) is 0. The molecule has 0 nitrogen and oxygen atoms in total. The Morgan fingerprint density at radius 2 is 1.94 bits per heavy atom. The van der Waals surface area contributed by atoms with Crippen LogP contribution >= 0.6 is 0 Å². The summed E-state index contributed by atoms with van der Waals surface area (Å²) in [5.41, 5.74) is 1.55. The molecule has 1 aromatic carbocycles. The van der Waals surface area contributed by atoms with Crippen LogP contribution in [0.5, 0.6) is 0 Å². The van der Waals surface area contributed by atoms with Gasteiger partial charge in [0, 0.05) is 11.0 Å². The summed E-state index contributed by atoms with van der Waals surface area (Å²) in [4.78, 5) is 0. The molecule has 3 atom stereocenters. The molecule has 0 aromatic heterocycles. The largest absolute Gasteiger partial charge is 0.0898 e. The zero-order valence-corrected chi connectivity index (χ0v) is 9.89. The highest BCUT2D eigenvalue weighted by atomic mass is 14.7. The van der Waals surface area contributed by atoms with Crippen molar-refractivity contribution >= 4 is 0 Å². The Balaban J connectivity index is 1.66. The monoisotopic (exact) mass is 220 g/mol. The van der Waals surface area contributed by atoms with Crippen molar-refractivity contribution < 1.29 is 0 Å². The summed E-state index contributed by atoms with van der Waals surface area (Å²) in [5.74, 6) is 9.60. The number of benzene rings is 1. The molecule has 0 amide bonds. The zero-order chi connectivity index (χ0) is 11.3. The maximum Gasteiger partial charge on any atom is 0.0449 e. The molecule has 0 saturated heterocycles. The van der Waals surface area contributed by atoms with Crippen LogP contribution in [0.1, 0.15) is 24.8 Å². The molecule has 2 fully saturated rings. The molecule has 0 bridgehead atoms. The van der Waals surface area contributed by atoms with Gasteiger partial charge in [0.25, 0.3) is 0 Å². The number of fused-ring (bicyclic) bond motifs is 1. The average molecular weight is 220 g/mol. The Morgan fingerprint density at radius 1 is 1.12 bits per heavy atom. The highest BCUT2D eigenvalue weighted by Gasteiger charge is 2.69. The minimum absolute atomic E-state index is 0.380. The Morgan fingerprint density at radius 3 is 2.59 bits per heavy atom. The lowest BCUT2D eigenvalue weighted by atomic mass is 9.92. The zero-order valence-electron chi connectivity index (χ0n) is 9.89. The second-order valence-electron chi connectivity index (χ2n) is 5.62. The van der Waals surface area contributed by atoms with Gasteiger partial charge in [-0.15, -0.1) is 0 Å². The molecular weight excluding hydrogens is 204 g/mol. The van der Waals surface area contributed by atoms with Gasteiger partial charge in [0.2, 0.25) is 0 Å². The molecule has 0 heteroatoms. The van der Waals surface area contributed by atoms with E-state index in [2.05, 4.69) is 54.3 Å². The van der Waals surface area contributed by atoms with E-state index < -0.39 is 0 Å². The van der Waals surface area contributed by atoms with Crippen molar-refractivity contribution in [1.29, 1.82) is 0 Å². The Hall–Kier alpha value is -1.48. The van der Waals surface area contributed by atoms with Crippen LogP contribution in [-0.4, -0.2) is 0 Å². The van der Waals surface area contributed by atoms with Gasteiger partial charge in [-0.25, -0.2) is 0 Å². The molecule has 3 aliphatic carbocycles. The van der Waals surface area contributed by atoms with Crippen LogP contribution in [0.4, 0.5) is 0 Å². The fourth-order valence-corrected chi connectivity index (χ4v) is 3.63. The average Bonchev–Trinajstić information content (AvgIpc) is 3.26. The molecule has 1 aromatic rings. The van der Waals surface area contributed by atoms with E-state index in [1.807, 2.05) is 0 Å². The molecule has 17 heavy (non-hydrogen) atoms. The molecule has 2 saturated carbocycles. The third-order valence-corrected chi connectivity index (χ3v) is 4.67. The predicted octanol–water partition coefficient (Wildman–Crippen LogP) is 3.64. The van der Waals surface area contributed by atoms with Gasteiger partial charge in [-0.05, 0) is 49.1 Å². The molecule has 84 valence electrons. The van der Waals surface area contributed by atoms with Crippen LogP contribution < -0.4 is 0 Å². The van der Waals surface area contributed by atoms with Gasteiger partial charge in [-0.1, -0.05) is 42.2 Å². The molecule has 0 spiro atoms. The summed E-state index contributed by atoms with van der Waals surface area (Å²) < 4.78 is 0. The van der Waals surface area contributed by atoms with E-state index in [-0.39, 0.29) is 0 Å². The van der Waals surface area contributed by atoms with Crippen LogP contribution in [0.3, 0.4) is 0 Å². The molecule has 3 aliphatic rings. The normalized spacial score (nSPS) is 37.2. The van der Waals surface area contributed by atoms with Gasteiger partial charge in [-0.3, -0.25) is 0 Å². The van der Waals surface area contributed by atoms with Crippen molar-refractivity contribution in [1.82, 2.24) is 0 Å². The minimum Gasteiger partial charge on any atom is -0.0898 e. The third-order valence-electron chi connectivity index (χ3n) is 4.67. The van der Waals surface area contributed by atoms with E-state index in [1.54, 1.807) is 0 Å². The van der Waals surface area contributed by atoms with E-state index in [4.69, 9.17) is 0 Å². The van der Waals surface area contributed by atoms with Gasteiger partial charge in [0.05, 0.1) is 0 Å². The smallest absolute Gasteiger partial charge is 0.0449 e. The number of hydrogen-bond acceptors (Lipinski definition) is 0. The predicted molar refractivity (Wildman–Crippen MR) is 69.2 cm³/mol. The molecular formula is C17H16. The van der Waals surface area contributed by atoms with E-state index >= 15 is 0 Å². The second-order valence-corrected chi connectivity index (χ2v) is 5.62. The summed E-state index contributed by atoms with van der Waals surface area (Å²) in [6.07, 6.45) is 8.85. The topological polar surface area (TPSA) is 0 Å². The molecule has 0 aliphatic heterocycles. The van der Waals surface area contributed by atoms with Crippen molar-refractivity contribution in [2.45, 2.75) is 19.3 Å². The van der Waals surface area contributed by atoms with Gasteiger partial charge in [-0.2, -0.15) is 0 Å². The molecule has 4 rings (SSSR count). The molecule has 3 unspecified atom stereocenters. The van der Waals surface area contributed by atoms with Gasteiger partial charge < -0.3 is 0 Å². The van der Waals surface area contributed by atoms with E-state index in [9.17, 15) is 0 Å². The second kappa shape index (κ2) is 3.26. The maximum atomic E-state index is 3.65. The van der Waals surface area contributed by atoms with Gasteiger partial charge >= 0.3 is 0 Å². The fourth-order valence-electron chi connectivity index (χ4n) is 3.63. The van der Waals surface area contributed by atoms with Crippen LogP contribution in [-0.2, 0) is 0 Å².